The molecule has 4 aromatic rings. The number of anilines is 1. The monoisotopic (exact) mass is 403 g/mol. The number of nitrogens with zero attached hydrogens (tertiary/aromatic N) is 4. The molecule has 0 fully saturated rings. The number of hydrogen-bond acceptors (Lipinski definition) is 6. The summed E-state index contributed by atoms with van der Waals surface area (Å²) in [5.41, 5.74) is 3.16. The minimum Gasteiger partial charge on any atom is -0.496 e. The van der Waals surface area contributed by atoms with E-state index in [9.17, 15) is 14.9 Å². The fourth-order valence-electron chi connectivity index (χ4n) is 3.08. The van der Waals surface area contributed by atoms with E-state index < -0.39 is 10.8 Å². The molecule has 0 atom stereocenters. The van der Waals surface area contributed by atoms with Crippen LogP contribution < -0.4 is 10.1 Å². The molecule has 9 heteroatoms. The van der Waals surface area contributed by atoms with E-state index in [2.05, 4.69) is 15.4 Å². The van der Waals surface area contributed by atoms with Crippen LogP contribution in [0.5, 0.6) is 5.75 Å². The van der Waals surface area contributed by atoms with E-state index in [0.717, 1.165) is 16.8 Å². The third kappa shape index (κ3) is 3.44. The van der Waals surface area contributed by atoms with Crippen molar-refractivity contribution >= 4 is 22.9 Å². The summed E-state index contributed by atoms with van der Waals surface area (Å²) in [6, 6.07) is 13.9. The number of nitro benzene ring substituents is 1. The molecule has 0 unspecified atom stereocenters. The Morgan fingerprint density at radius 3 is 2.63 bits per heavy atom. The van der Waals surface area contributed by atoms with Gasteiger partial charge in [0.1, 0.15) is 17.0 Å². The quantitative estimate of drug-likeness (QED) is 0.400. The number of fused-ring (bicyclic) bond motifs is 1. The maximum atomic E-state index is 12.9. The number of ether oxygens (including phenoxy) is 1. The molecular weight excluding hydrogens is 386 g/mol. The zero-order valence-electron chi connectivity index (χ0n) is 16.2. The van der Waals surface area contributed by atoms with E-state index in [0.29, 0.717) is 11.4 Å². The lowest BCUT2D eigenvalue weighted by Crippen LogP contribution is -2.13. The Labute approximate surface area is 171 Å². The fourth-order valence-corrected chi connectivity index (χ4v) is 3.08. The van der Waals surface area contributed by atoms with Crippen LogP contribution in [0.4, 0.5) is 11.4 Å². The van der Waals surface area contributed by atoms with Crippen molar-refractivity contribution in [1.29, 1.82) is 0 Å². The first kappa shape index (κ1) is 19.1. The van der Waals surface area contributed by atoms with Gasteiger partial charge in [-0.15, -0.1) is 0 Å². The molecule has 0 radical (unpaired) electrons. The number of benzene rings is 2. The summed E-state index contributed by atoms with van der Waals surface area (Å²) in [6.45, 7) is 2.00. The maximum absolute atomic E-state index is 12.9. The van der Waals surface area contributed by atoms with Crippen LogP contribution in [0.3, 0.4) is 0 Å². The Kier molecular flexibility index (Phi) is 4.85. The second kappa shape index (κ2) is 7.63. The third-order valence-electron chi connectivity index (χ3n) is 4.64. The number of carbonyl (C=O) groups is 1. The van der Waals surface area contributed by atoms with Gasteiger partial charge in [0.2, 0.25) is 0 Å². The van der Waals surface area contributed by atoms with Gasteiger partial charge < -0.3 is 10.1 Å². The Bertz CT molecular complexity index is 1260. The van der Waals surface area contributed by atoms with Crippen molar-refractivity contribution in [2.75, 3.05) is 12.4 Å². The minimum atomic E-state index is -0.581. The van der Waals surface area contributed by atoms with E-state index in [1.165, 1.54) is 31.5 Å². The van der Waals surface area contributed by atoms with Crippen molar-refractivity contribution in [1.82, 2.24) is 14.6 Å². The zero-order valence-corrected chi connectivity index (χ0v) is 16.2. The number of amides is 1. The van der Waals surface area contributed by atoms with Gasteiger partial charge in [0.25, 0.3) is 11.6 Å². The lowest BCUT2D eigenvalue weighted by atomic mass is 10.1. The molecule has 4 rings (SSSR count). The molecule has 0 aliphatic carbocycles. The van der Waals surface area contributed by atoms with Crippen molar-refractivity contribution in [2.45, 2.75) is 6.92 Å². The molecule has 30 heavy (non-hydrogen) atoms. The van der Waals surface area contributed by atoms with Gasteiger partial charge in [-0.3, -0.25) is 14.9 Å². The second-order valence-electron chi connectivity index (χ2n) is 6.58. The normalized spacial score (nSPS) is 10.7. The topological polar surface area (TPSA) is 112 Å². The highest BCUT2D eigenvalue weighted by Gasteiger charge is 2.21. The summed E-state index contributed by atoms with van der Waals surface area (Å²) in [7, 11) is 1.41. The predicted molar refractivity (Wildman–Crippen MR) is 111 cm³/mol. The van der Waals surface area contributed by atoms with Gasteiger partial charge in [-0.2, -0.15) is 5.10 Å². The number of rotatable bonds is 5. The van der Waals surface area contributed by atoms with Gasteiger partial charge >= 0.3 is 0 Å². The molecule has 0 spiro atoms. The van der Waals surface area contributed by atoms with E-state index in [4.69, 9.17) is 4.74 Å². The molecule has 9 nitrogen and oxygen atoms in total. The number of carbonyl (C=O) groups excluding carboxylic acids is 1. The second-order valence-corrected chi connectivity index (χ2v) is 6.58. The van der Waals surface area contributed by atoms with E-state index in [1.807, 2.05) is 31.2 Å². The van der Waals surface area contributed by atoms with Crippen LogP contribution in [-0.2, 0) is 0 Å². The van der Waals surface area contributed by atoms with Gasteiger partial charge in [0, 0.05) is 11.8 Å². The van der Waals surface area contributed by atoms with Crippen LogP contribution >= 0.6 is 0 Å². The minimum absolute atomic E-state index is 0.0554. The highest BCUT2D eigenvalue weighted by molar-refractivity contribution is 6.09. The molecule has 1 N–H and O–H groups in total. The maximum Gasteiger partial charge on any atom is 0.296 e. The van der Waals surface area contributed by atoms with E-state index >= 15 is 0 Å². The fraction of sp³-hybridized carbons (Fsp3) is 0.0952. The number of aromatic nitrogens is 3. The summed E-state index contributed by atoms with van der Waals surface area (Å²) < 4.78 is 6.59. The molecular formula is C21H17N5O4. The summed E-state index contributed by atoms with van der Waals surface area (Å²) in [4.78, 5) is 27.9. The van der Waals surface area contributed by atoms with Crippen molar-refractivity contribution in [3.63, 3.8) is 0 Å². The van der Waals surface area contributed by atoms with Crippen molar-refractivity contribution < 1.29 is 14.5 Å². The van der Waals surface area contributed by atoms with Crippen LogP contribution in [0.25, 0.3) is 16.9 Å². The zero-order chi connectivity index (χ0) is 21.3. The number of methoxy groups -OCH3 is 1. The first-order chi connectivity index (χ1) is 14.5. The summed E-state index contributed by atoms with van der Waals surface area (Å²) in [6.07, 6.45) is 2.99. The first-order valence-corrected chi connectivity index (χ1v) is 9.01. The highest BCUT2D eigenvalue weighted by atomic mass is 16.6. The molecule has 1 amide bonds. The Morgan fingerprint density at radius 2 is 1.93 bits per heavy atom. The number of hydrogen-bond donors (Lipinski definition) is 1. The summed E-state index contributed by atoms with van der Waals surface area (Å²) >= 11 is 0. The van der Waals surface area contributed by atoms with Crippen molar-refractivity contribution in [3.05, 3.63) is 82.2 Å². The van der Waals surface area contributed by atoms with Crippen LogP contribution in [-0.4, -0.2) is 32.5 Å². The molecule has 0 aliphatic rings. The molecule has 0 aliphatic heterocycles. The SMILES string of the molecule is COc1ccc(NC(=O)c2cnn3c(-c4ccc(C)cc4)ccnc23)c([N+](=O)[O-])c1. The molecule has 2 aromatic heterocycles. The first-order valence-electron chi connectivity index (χ1n) is 9.01. The van der Waals surface area contributed by atoms with Gasteiger partial charge in [-0.1, -0.05) is 29.8 Å². The molecule has 2 aromatic carbocycles. The summed E-state index contributed by atoms with van der Waals surface area (Å²) in [5.74, 6) is -0.230. The predicted octanol–water partition coefficient (Wildman–Crippen LogP) is 3.87. The Balaban J connectivity index is 1.71. The van der Waals surface area contributed by atoms with Crippen LogP contribution in [0.2, 0.25) is 0 Å². The number of nitro groups is 1. The van der Waals surface area contributed by atoms with Gasteiger partial charge in [0.05, 0.1) is 30.0 Å². The van der Waals surface area contributed by atoms with Gasteiger partial charge in [0.15, 0.2) is 5.65 Å². The summed E-state index contributed by atoms with van der Waals surface area (Å²) in [5, 5.41) is 18.2. The Hall–Kier alpha value is -4.27. The highest BCUT2D eigenvalue weighted by Crippen LogP contribution is 2.30. The molecule has 0 saturated carbocycles. The van der Waals surface area contributed by atoms with E-state index in [1.54, 1.807) is 16.8 Å². The van der Waals surface area contributed by atoms with Gasteiger partial charge in [-0.25, -0.2) is 9.50 Å². The molecule has 150 valence electrons. The Morgan fingerprint density at radius 1 is 1.17 bits per heavy atom. The average Bonchev–Trinajstić information content (AvgIpc) is 3.19. The lowest BCUT2D eigenvalue weighted by Gasteiger charge is -2.07. The smallest absolute Gasteiger partial charge is 0.296 e. The standard InChI is InChI=1S/C21H17N5O4/c1-13-3-5-14(6-4-13)18-9-10-22-20-16(12-23-25(18)20)21(27)24-17-8-7-15(30-2)11-19(17)26(28)29/h3-12H,1-2H3,(H,24,27). The number of nitrogens with one attached hydrogen (secondary N) is 1. The van der Waals surface area contributed by atoms with Crippen LogP contribution in [0.1, 0.15) is 15.9 Å². The average molecular weight is 403 g/mol. The van der Waals surface area contributed by atoms with Crippen molar-refractivity contribution in [2.24, 2.45) is 0 Å². The van der Waals surface area contributed by atoms with Crippen LogP contribution in [0, 0.1) is 17.0 Å². The van der Waals surface area contributed by atoms with Crippen LogP contribution in [0.15, 0.2) is 60.9 Å². The molecule has 0 bridgehead atoms. The van der Waals surface area contributed by atoms with Crippen molar-refractivity contribution in [3.8, 4) is 17.0 Å². The largest absolute Gasteiger partial charge is 0.496 e. The third-order valence-corrected chi connectivity index (χ3v) is 4.64. The molecule has 0 saturated heterocycles. The van der Waals surface area contributed by atoms with Gasteiger partial charge in [-0.05, 0) is 25.1 Å². The van der Waals surface area contributed by atoms with E-state index in [-0.39, 0.29) is 16.9 Å². The number of aryl methyl sites for hydroxylation is 1. The lowest BCUT2D eigenvalue weighted by molar-refractivity contribution is -0.384. The molecule has 2 heterocycles.